The van der Waals surface area contributed by atoms with Crippen molar-refractivity contribution in [2.24, 2.45) is 5.16 Å². The molecule has 4 rings (SSSR count). The molecule has 176 valence electrons. The van der Waals surface area contributed by atoms with Crippen molar-refractivity contribution in [3.05, 3.63) is 58.6 Å². The van der Waals surface area contributed by atoms with E-state index in [-0.39, 0.29) is 11.5 Å². The van der Waals surface area contributed by atoms with Gasteiger partial charge in [0.05, 0.1) is 17.7 Å². The number of carbonyl (C=O) groups is 1. The summed E-state index contributed by atoms with van der Waals surface area (Å²) in [7, 11) is 1.53. The second kappa shape index (κ2) is 9.01. The third kappa shape index (κ3) is 4.80. The van der Waals surface area contributed by atoms with Crippen LogP contribution < -0.4 is 10.1 Å². The third-order valence-corrected chi connectivity index (χ3v) is 5.85. The first-order valence-electron chi connectivity index (χ1n) is 10.3. The average Bonchev–Trinajstić information content (AvgIpc) is 3.11. The zero-order chi connectivity index (χ0) is 23.6. The van der Waals surface area contributed by atoms with Gasteiger partial charge in [0.15, 0.2) is 0 Å². The van der Waals surface area contributed by atoms with Gasteiger partial charge in [0.2, 0.25) is 11.6 Å². The molecule has 1 amide bonds. The quantitative estimate of drug-likeness (QED) is 0.561. The minimum atomic E-state index is -4.67. The van der Waals surface area contributed by atoms with Gasteiger partial charge in [-0.05, 0) is 43.2 Å². The summed E-state index contributed by atoms with van der Waals surface area (Å²) in [5.41, 5.74) is -1.57. The Morgan fingerprint density at radius 2 is 1.94 bits per heavy atom. The Labute approximate surface area is 193 Å². The van der Waals surface area contributed by atoms with Crippen LogP contribution in [-0.4, -0.2) is 29.8 Å². The minimum Gasteiger partial charge on any atom is -0.497 e. The monoisotopic (exact) mass is 483 g/mol. The molecule has 2 aromatic rings. The van der Waals surface area contributed by atoms with E-state index in [1.165, 1.54) is 18.2 Å². The van der Waals surface area contributed by atoms with Gasteiger partial charge < -0.3 is 14.4 Å². The summed E-state index contributed by atoms with van der Waals surface area (Å²) >= 11 is 5.65. The van der Waals surface area contributed by atoms with Crippen LogP contribution in [0.25, 0.3) is 0 Å². The van der Waals surface area contributed by atoms with Gasteiger partial charge in [-0.1, -0.05) is 35.3 Å². The highest BCUT2D eigenvalue weighted by atomic mass is 35.5. The predicted molar refractivity (Wildman–Crippen MR) is 115 cm³/mol. The number of nitrogens with one attached hydrogen (secondary N) is 1. The minimum absolute atomic E-state index is 0.116. The first-order valence-corrected chi connectivity index (χ1v) is 10.7. The normalized spacial score (nSPS) is 17.4. The molecule has 1 spiro atoms. The predicted octanol–water partition coefficient (Wildman–Crippen LogP) is 6.19. The summed E-state index contributed by atoms with van der Waals surface area (Å²) in [6.45, 7) is 0. The Morgan fingerprint density at radius 3 is 2.64 bits per heavy atom. The zero-order valence-electron chi connectivity index (χ0n) is 17.6. The molecule has 2 aliphatic rings. The summed E-state index contributed by atoms with van der Waals surface area (Å²) < 4.78 is 44.7. The molecule has 7 nitrogen and oxygen atoms in total. The molecule has 1 aliphatic heterocycles. The van der Waals surface area contributed by atoms with Crippen LogP contribution in [0.4, 0.5) is 23.7 Å². The number of anilines is 1. The van der Waals surface area contributed by atoms with Crippen molar-refractivity contribution in [1.82, 2.24) is 5.06 Å². The van der Waals surface area contributed by atoms with Crippen LogP contribution in [0.15, 0.2) is 47.6 Å². The van der Waals surface area contributed by atoms with Crippen molar-refractivity contribution >= 4 is 29.2 Å². The van der Waals surface area contributed by atoms with Crippen LogP contribution in [0, 0.1) is 0 Å². The van der Waals surface area contributed by atoms with E-state index in [9.17, 15) is 18.0 Å². The number of amides is 1. The summed E-state index contributed by atoms with van der Waals surface area (Å²) in [6, 6.07) is 10.1. The molecule has 0 bridgehead atoms. The summed E-state index contributed by atoms with van der Waals surface area (Å²) in [5, 5.41) is 7.33. The van der Waals surface area contributed by atoms with Crippen LogP contribution in [0.1, 0.15) is 43.2 Å². The number of benzene rings is 2. The van der Waals surface area contributed by atoms with E-state index in [1.807, 2.05) is 0 Å². The lowest BCUT2D eigenvalue weighted by Gasteiger charge is -2.37. The van der Waals surface area contributed by atoms with Crippen LogP contribution >= 0.6 is 11.6 Å². The van der Waals surface area contributed by atoms with E-state index in [0.717, 1.165) is 31.4 Å². The Kier molecular flexibility index (Phi) is 6.29. The van der Waals surface area contributed by atoms with Crippen molar-refractivity contribution in [2.75, 3.05) is 12.4 Å². The molecule has 1 fully saturated rings. The van der Waals surface area contributed by atoms with Gasteiger partial charge in [0.25, 0.3) is 0 Å². The number of methoxy groups -OCH3 is 1. The Hall–Kier alpha value is -3.14. The lowest BCUT2D eigenvalue weighted by atomic mass is 9.91. The van der Waals surface area contributed by atoms with Crippen LogP contribution in [0.3, 0.4) is 0 Å². The second-order valence-electron chi connectivity index (χ2n) is 7.74. The van der Waals surface area contributed by atoms with E-state index in [4.69, 9.17) is 26.0 Å². The van der Waals surface area contributed by atoms with Gasteiger partial charge in [0.1, 0.15) is 5.75 Å². The molecule has 0 aromatic heterocycles. The van der Waals surface area contributed by atoms with Gasteiger partial charge in [-0.3, -0.25) is 5.32 Å². The van der Waals surface area contributed by atoms with E-state index >= 15 is 0 Å². The van der Waals surface area contributed by atoms with Gasteiger partial charge in [0, 0.05) is 24.1 Å². The van der Waals surface area contributed by atoms with E-state index < -0.39 is 28.6 Å². The maximum atomic E-state index is 13.2. The number of oxime groups is 1. The topological polar surface area (TPSA) is 72.4 Å². The maximum absolute atomic E-state index is 13.2. The Bertz CT molecular complexity index is 1070. The molecule has 2 aromatic carbocycles. The van der Waals surface area contributed by atoms with Crippen molar-refractivity contribution in [3.63, 3.8) is 0 Å². The number of rotatable bonds is 4. The summed E-state index contributed by atoms with van der Waals surface area (Å²) in [6.07, 6.45) is -1.84. The highest BCUT2D eigenvalue weighted by molar-refractivity contribution is 6.31. The number of carbonyl (C=O) groups excluding carboxylic acids is 1. The third-order valence-electron chi connectivity index (χ3n) is 5.52. The summed E-state index contributed by atoms with van der Waals surface area (Å²) in [5.74, 6) is 0.836. The van der Waals surface area contributed by atoms with Gasteiger partial charge in [-0.25, -0.2) is 4.79 Å². The molecular weight excluding hydrogens is 463 g/mol. The number of nitrogens with zero attached hydrogens (tertiary/aromatic N) is 2. The average molecular weight is 484 g/mol. The van der Waals surface area contributed by atoms with Crippen LogP contribution in [0.5, 0.6) is 5.75 Å². The first kappa shape index (κ1) is 23.0. The van der Waals surface area contributed by atoms with Crippen molar-refractivity contribution in [1.29, 1.82) is 0 Å². The zero-order valence-corrected chi connectivity index (χ0v) is 18.4. The van der Waals surface area contributed by atoms with Crippen molar-refractivity contribution < 1.29 is 32.4 Å². The lowest BCUT2D eigenvalue weighted by molar-refractivity contribution is -0.224. The SMILES string of the molecule is COc1cccc(C2=NOC3(CCCCC3)N2OC(=O)Nc2ccc(Cl)c(C(F)(F)F)c2)c1. The summed E-state index contributed by atoms with van der Waals surface area (Å²) in [4.78, 5) is 24.1. The molecule has 1 saturated carbocycles. The number of hydroxylamine groups is 2. The fourth-order valence-corrected chi connectivity index (χ4v) is 4.12. The molecule has 0 unspecified atom stereocenters. The molecule has 1 aliphatic carbocycles. The fraction of sp³-hybridized carbons (Fsp3) is 0.364. The van der Waals surface area contributed by atoms with Gasteiger partial charge in [-0.2, -0.15) is 13.2 Å². The van der Waals surface area contributed by atoms with Crippen LogP contribution in [0.2, 0.25) is 5.02 Å². The molecule has 0 radical (unpaired) electrons. The molecule has 11 heteroatoms. The number of ether oxygens (including phenoxy) is 1. The van der Waals surface area contributed by atoms with Gasteiger partial charge >= 0.3 is 12.3 Å². The molecular formula is C22H21ClF3N3O4. The molecule has 0 atom stereocenters. The largest absolute Gasteiger partial charge is 0.497 e. The molecule has 1 heterocycles. The maximum Gasteiger partial charge on any atom is 0.436 e. The number of halogens is 4. The Balaban J connectivity index is 1.58. The lowest BCUT2D eigenvalue weighted by Crippen LogP contribution is -2.51. The number of hydrogen-bond acceptors (Lipinski definition) is 6. The van der Waals surface area contributed by atoms with E-state index in [0.29, 0.717) is 24.2 Å². The second-order valence-corrected chi connectivity index (χ2v) is 8.14. The molecule has 1 N–H and O–H groups in total. The first-order chi connectivity index (χ1) is 15.7. The number of hydrogen-bond donors (Lipinski definition) is 1. The highest BCUT2D eigenvalue weighted by Crippen LogP contribution is 2.41. The van der Waals surface area contributed by atoms with E-state index in [1.54, 1.807) is 24.3 Å². The standard InChI is InChI=1S/C22H21ClF3N3O4/c1-31-16-7-5-6-14(12-16)19-28-33-21(10-3-2-4-11-21)29(19)32-20(30)27-15-8-9-18(23)17(13-15)22(24,25)26/h5-9,12-13H,2-4,10-11H2,1H3,(H,27,30). The molecule has 0 saturated heterocycles. The van der Waals surface area contributed by atoms with Crippen molar-refractivity contribution in [3.8, 4) is 5.75 Å². The smallest absolute Gasteiger partial charge is 0.436 e. The Morgan fingerprint density at radius 1 is 1.18 bits per heavy atom. The van der Waals surface area contributed by atoms with Gasteiger partial charge in [-0.15, -0.1) is 5.06 Å². The van der Waals surface area contributed by atoms with Crippen molar-refractivity contribution in [2.45, 2.75) is 44.0 Å². The number of alkyl halides is 3. The highest BCUT2D eigenvalue weighted by Gasteiger charge is 2.50. The number of amidine groups is 1. The molecule has 33 heavy (non-hydrogen) atoms. The van der Waals surface area contributed by atoms with Crippen LogP contribution in [-0.2, 0) is 15.9 Å². The van der Waals surface area contributed by atoms with E-state index in [2.05, 4.69) is 10.5 Å². The fourth-order valence-electron chi connectivity index (χ4n) is 3.90.